The number of piperidine rings is 1. The van der Waals surface area contributed by atoms with Gasteiger partial charge in [0.2, 0.25) is 5.91 Å². The maximum Gasteiger partial charge on any atom is 0.228 e. The van der Waals surface area contributed by atoms with Crippen LogP contribution in [0.5, 0.6) is 0 Å². The van der Waals surface area contributed by atoms with Crippen LogP contribution < -0.4 is 10.6 Å². The third-order valence-corrected chi connectivity index (χ3v) is 3.56. The lowest BCUT2D eigenvalue weighted by atomic mass is 9.91. The van der Waals surface area contributed by atoms with Crippen molar-refractivity contribution in [2.45, 2.75) is 19.8 Å². The number of rotatable bonds is 4. The van der Waals surface area contributed by atoms with Crippen LogP contribution in [0.2, 0.25) is 0 Å². The molecule has 2 rings (SSSR count). The molecular formula is C15H22N2O2. The monoisotopic (exact) mass is 262 g/mol. The molecular weight excluding hydrogens is 240 g/mol. The van der Waals surface area contributed by atoms with Crippen LogP contribution in [0.15, 0.2) is 24.3 Å². The Balaban J connectivity index is 1.90. The Hall–Kier alpha value is -1.39. The number of aliphatic hydroxyl groups excluding tert-OH is 1. The molecule has 2 unspecified atom stereocenters. The SMILES string of the molecule is CC1CNCC(C(=O)Nc2ccc(CCO)cc2)C1. The van der Waals surface area contributed by atoms with Crippen molar-refractivity contribution in [3.05, 3.63) is 29.8 Å². The fourth-order valence-corrected chi connectivity index (χ4v) is 2.48. The van der Waals surface area contributed by atoms with Gasteiger partial charge in [-0.25, -0.2) is 0 Å². The molecule has 0 radical (unpaired) electrons. The van der Waals surface area contributed by atoms with Gasteiger partial charge in [-0.3, -0.25) is 4.79 Å². The van der Waals surface area contributed by atoms with E-state index in [1.54, 1.807) is 0 Å². The Morgan fingerprint density at radius 1 is 1.37 bits per heavy atom. The molecule has 19 heavy (non-hydrogen) atoms. The van der Waals surface area contributed by atoms with E-state index in [1.807, 2.05) is 24.3 Å². The van der Waals surface area contributed by atoms with Gasteiger partial charge in [-0.1, -0.05) is 19.1 Å². The fraction of sp³-hybridized carbons (Fsp3) is 0.533. The van der Waals surface area contributed by atoms with Gasteiger partial charge in [0.1, 0.15) is 0 Å². The van der Waals surface area contributed by atoms with E-state index >= 15 is 0 Å². The van der Waals surface area contributed by atoms with Crippen LogP contribution in [0.3, 0.4) is 0 Å². The molecule has 4 nitrogen and oxygen atoms in total. The standard InChI is InChI=1S/C15H22N2O2/c1-11-8-13(10-16-9-11)15(19)17-14-4-2-12(3-5-14)6-7-18/h2-5,11,13,16,18H,6-10H2,1H3,(H,17,19). The molecule has 0 aliphatic carbocycles. The van der Waals surface area contributed by atoms with Gasteiger partial charge in [0, 0.05) is 18.8 Å². The second-order valence-corrected chi connectivity index (χ2v) is 5.36. The first-order valence-corrected chi connectivity index (χ1v) is 6.90. The summed E-state index contributed by atoms with van der Waals surface area (Å²) in [5.74, 6) is 0.700. The number of carbonyl (C=O) groups is 1. The van der Waals surface area contributed by atoms with Crippen molar-refractivity contribution in [1.29, 1.82) is 0 Å². The second-order valence-electron chi connectivity index (χ2n) is 5.36. The average molecular weight is 262 g/mol. The summed E-state index contributed by atoms with van der Waals surface area (Å²) in [5, 5.41) is 15.1. The number of nitrogens with one attached hydrogen (secondary N) is 2. The van der Waals surface area contributed by atoms with Crippen molar-refractivity contribution in [3.63, 3.8) is 0 Å². The highest BCUT2D eigenvalue weighted by Crippen LogP contribution is 2.18. The minimum absolute atomic E-state index is 0.0564. The van der Waals surface area contributed by atoms with Gasteiger partial charge in [0.25, 0.3) is 0 Å². The van der Waals surface area contributed by atoms with E-state index < -0.39 is 0 Å². The van der Waals surface area contributed by atoms with Crippen molar-refractivity contribution in [1.82, 2.24) is 5.32 Å². The van der Waals surface area contributed by atoms with E-state index in [0.29, 0.717) is 12.3 Å². The summed E-state index contributed by atoms with van der Waals surface area (Å²) in [6.07, 6.45) is 1.60. The molecule has 1 aliphatic heterocycles. The quantitative estimate of drug-likeness (QED) is 0.769. The Labute approximate surface area is 114 Å². The van der Waals surface area contributed by atoms with Gasteiger partial charge in [-0.15, -0.1) is 0 Å². The number of anilines is 1. The van der Waals surface area contributed by atoms with Crippen LogP contribution in [0, 0.1) is 11.8 Å². The summed E-state index contributed by atoms with van der Waals surface area (Å²) >= 11 is 0. The molecule has 3 N–H and O–H groups in total. The van der Waals surface area contributed by atoms with E-state index in [2.05, 4.69) is 17.6 Å². The smallest absolute Gasteiger partial charge is 0.228 e. The third kappa shape index (κ3) is 4.04. The Morgan fingerprint density at radius 2 is 2.11 bits per heavy atom. The van der Waals surface area contributed by atoms with E-state index in [1.165, 1.54) is 0 Å². The highest BCUT2D eigenvalue weighted by Gasteiger charge is 2.24. The molecule has 0 aromatic heterocycles. The predicted octanol–water partition coefficient (Wildman–Crippen LogP) is 1.41. The minimum Gasteiger partial charge on any atom is -0.396 e. The number of hydrogen-bond acceptors (Lipinski definition) is 3. The van der Waals surface area contributed by atoms with Gasteiger partial charge in [-0.2, -0.15) is 0 Å². The minimum atomic E-state index is 0.0564. The van der Waals surface area contributed by atoms with Crippen molar-refractivity contribution in [2.24, 2.45) is 11.8 Å². The first-order chi connectivity index (χ1) is 9.19. The largest absolute Gasteiger partial charge is 0.396 e. The van der Waals surface area contributed by atoms with Gasteiger partial charge < -0.3 is 15.7 Å². The molecule has 1 aromatic rings. The maximum absolute atomic E-state index is 12.1. The summed E-state index contributed by atoms with van der Waals surface area (Å²) in [7, 11) is 0. The normalized spacial score (nSPS) is 23.1. The summed E-state index contributed by atoms with van der Waals surface area (Å²) in [4.78, 5) is 12.1. The predicted molar refractivity (Wildman–Crippen MR) is 76.0 cm³/mol. The molecule has 0 bridgehead atoms. The molecule has 1 aromatic carbocycles. The number of amides is 1. The zero-order chi connectivity index (χ0) is 13.7. The van der Waals surface area contributed by atoms with Crippen molar-refractivity contribution >= 4 is 11.6 Å². The zero-order valence-electron chi connectivity index (χ0n) is 11.4. The van der Waals surface area contributed by atoms with Crippen LogP contribution in [-0.2, 0) is 11.2 Å². The first kappa shape index (κ1) is 14.0. The molecule has 1 heterocycles. The Bertz CT molecular complexity index is 417. The average Bonchev–Trinajstić information content (AvgIpc) is 2.41. The van der Waals surface area contributed by atoms with E-state index in [4.69, 9.17) is 5.11 Å². The summed E-state index contributed by atoms with van der Waals surface area (Å²) in [5.41, 5.74) is 1.90. The number of aliphatic hydroxyl groups is 1. The second kappa shape index (κ2) is 6.68. The molecule has 104 valence electrons. The van der Waals surface area contributed by atoms with Crippen LogP contribution >= 0.6 is 0 Å². The highest BCUT2D eigenvalue weighted by atomic mass is 16.2. The van der Waals surface area contributed by atoms with Crippen LogP contribution in [0.1, 0.15) is 18.9 Å². The number of carbonyl (C=O) groups excluding carboxylic acids is 1. The summed E-state index contributed by atoms with van der Waals surface area (Å²) in [6.45, 7) is 4.08. The highest BCUT2D eigenvalue weighted by molar-refractivity contribution is 5.92. The van der Waals surface area contributed by atoms with Crippen LogP contribution in [-0.4, -0.2) is 30.7 Å². The molecule has 4 heteroatoms. The van der Waals surface area contributed by atoms with Gasteiger partial charge in [0.15, 0.2) is 0 Å². The Kier molecular flexibility index (Phi) is 4.93. The molecule has 1 aliphatic rings. The maximum atomic E-state index is 12.1. The third-order valence-electron chi connectivity index (χ3n) is 3.56. The fourth-order valence-electron chi connectivity index (χ4n) is 2.48. The van der Waals surface area contributed by atoms with E-state index in [-0.39, 0.29) is 18.4 Å². The van der Waals surface area contributed by atoms with E-state index in [9.17, 15) is 4.79 Å². The molecule has 0 spiro atoms. The summed E-state index contributed by atoms with van der Waals surface area (Å²) in [6, 6.07) is 7.66. The lowest BCUT2D eigenvalue weighted by Crippen LogP contribution is -2.40. The lowest BCUT2D eigenvalue weighted by Gasteiger charge is -2.26. The van der Waals surface area contributed by atoms with Crippen molar-refractivity contribution in [2.75, 3.05) is 25.0 Å². The van der Waals surface area contributed by atoms with E-state index in [0.717, 1.165) is 30.8 Å². The van der Waals surface area contributed by atoms with Crippen molar-refractivity contribution < 1.29 is 9.90 Å². The van der Waals surface area contributed by atoms with Gasteiger partial charge in [-0.05, 0) is 43.0 Å². The number of benzene rings is 1. The van der Waals surface area contributed by atoms with Gasteiger partial charge in [0.05, 0.1) is 5.92 Å². The van der Waals surface area contributed by atoms with Crippen LogP contribution in [0.25, 0.3) is 0 Å². The molecule has 1 fully saturated rings. The van der Waals surface area contributed by atoms with Crippen LogP contribution in [0.4, 0.5) is 5.69 Å². The lowest BCUT2D eigenvalue weighted by molar-refractivity contribution is -0.120. The zero-order valence-corrected chi connectivity index (χ0v) is 11.4. The molecule has 1 amide bonds. The molecule has 2 atom stereocenters. The topological polar surface area (TPSA) is 61.4 Å². The summed E-state index contributed by atoms with van der Waals surface area (Å²) < 4.78 is 0. The Morgan fingerprint density at radius 3 is 2.74 bits per heavy atom. The van der Waals surface area contributed by atoms with Crippen molar-refractivity contribution in [3.8, 4) is 0 Å². The van der Waals surface area contributed by atoms with Gasteiger partial charge >= 0.3 is 0 Å². The first-order valence-electron chi connectivity index (χ1n) is 6.90. The molecule has 1 saturated heterocycles. The number of hydrogen-bond donors (Lipinski definition) is 3. The molecule has 0 saturated carbocycles.